The molecule has 2 fully saturated rings. The van der Waals surface area contributed by atoms with Crippen LogP contribution >= 0.6 is 0 Å². The Hall–Kier alpha value is -1.84. The summed E-state index contributed by atoms with van der Waals surface area (Å²) in [5.41, 5.74) is 4.84. The normalized spacial score (nSPS) is 34.5. The van der Waals surface area contributed by atoms with Crippen molar-refractivity contribution in [1.82, 2.24) is 0 Å². The van der Waals surface area contributed by atoms with Gasteiger partial charge in [0, 0.05) is 5.92 Å². The van der Waals surface area contributed by atoms with Gasteiger partial charge in [0.2, 0.25) is 0 Å². The van der Waals surface area contributed by atoms with Crippen molar-refractivity contribution in [3.63, 3.8) is 0 Å². The van der Waals surface area contributed by atoms with Gasteiger partial charge in [0.1, 0.15) is 18.5 Å². The van der Waals surface area contributed by atoms with Gasteiger partial charge in [0.25, 0.3) is 0 Å². The van der Waals surface area contributed by atoms with Crippen LogP contribution in [0, 0.1) is 11.3 Å². The summed E-state index contributed by atoms with van der Waals surface area (Å²) in [5, 5.41) is 11.4. The second kappa shape index (κ2) is 7.10. The van der Waals surface area contributed by atoms with Crippen LogP contribution in [-0.2, 0) is 16.8 Å². The molecule has 5 atom stereocenters. The molecule has 1 heterocycles. The van der Waals surface area contributed by atoms with Crippen LogP contribution in [0.1, 0.15) is 81.2 Å². The Morgan fingerprint density at radius 1 is 1.13 bits per heavy atom. The molecule has 0 radical (unpaired) electrons. The summed E-state index contributed by atoms with van der Waals surface area (Å²) in [6.45, 7) is 10.5. The third-order valence-corrected chi connectivity index (χ3v) is 8.10. The molecule has 2 aliphatic carbocycles. The Morgan fingerprint density at radius 3 is 2.63 bits per heavy atom. The molecule has 1 unspecified atom stereocenters. The van der Waals surface area contributed by atoms with Gasteiger partial charge in [-0.15, -0.1) is 0 Å². The Morgan fingerprint density at radius 2 is 1.90 bits per heavy atom. The minimum Gasteiger partial charge on any atom is -0.489 e. The van der Waals surface area contributed by atoms with Gasteiger partial charge in [-0.2, -0.15) is 0 Å². The lowest BCUT2D eigenvalue weighted by Crippen LogP contribution is -2.53. The minimum absolute atomic E-state index is 0.0170. The summed E-state index contributed by atoms with van der Waals surface area (Å²) in [5.74, 6) is 1.64. The van der Waals surface area contributed by atoms with Crippen LogP contribution in [-0.4, -0.2) is 17.8 Å². The smallest absolute Gasteiger partial charge is 0.123 e. The Balaban J connectivity index is 1.60. The van der Waals surface area contributed by atoms with E-state index in [1.165, 1.54) is 29.5 Å². The summed E-state index contributed by atoms with van der Waals surface area (Å²) in [4.78, 5) is 0. The van der Waals surface area contributed by atoms with Crippen LogP contribution in [0.5, 0.6) is 5.75 Å². The average molecular weight is 407 g/mol. The van der Waals surface area contributed by atoms with E-state index in [1.807, 2.05) is 6.07 Å². The first-order valence-corrected chi connectivity index (χ1v) is 11.5. The van der Waals surface area contributed by atoms with Crippen molar-refractivity contribution in [3.05, 3.63) is 64.7 Å². The lowest BCUT2D eigenvalue weighted by molar-refractivity contribution is -0.0553. The van der Waals surface area contributed by atoms with Gasteiger partial charge in [-0.1, -0.05) is 64.4 Å². The molecule has 1 saturated carbocycles. The van der Waals surface area contributed by atoms with Crippen LogP contribution in [0.25, 0.3) is 0 Å². The quantitative estimate of drug-likeness (QED) is 0.687. The van der Waals surface area contributed by atoms with Gasteiger partial charge in [0.15, 0.2) is 0 Å². The van der Waals surface area contributed by atoms with Gasteiger partial charge in [-0.25, -0.2) is 0 Å². The van der Waals surface area contributed by atoms with Crippen LogP contribution in [0.15, 0.2) is 42.5 Å². The third-order valence-electron chi connectivity index (χ3n) is 8.10. The van der Waals surface area contributed by atoms with Crippen LogP contribution in [0.2, 0.25) is 0 Å². The number of rotatable bonds is 4. The molecular weight excluding hydrogens is 372 g/mol. The highest BCUT2D eigenvalue weighted by Gasteiger charge is 2.62. The molecule has 3 heteroatoms. The molecule has 0 amide bonds. The fraction of sp³-hybridized carbons (Fsp3) is 0.556. The molecule has 30 heavy (non-hydrogen) atoms. The molecule has 1 N–H and O–H groups in total. The van der Waals surface area contributed by atoms with Crippen molar-refractivity contribution < 1.29 is 14.6 Å². The zero-order valence-corrected chi connectivity index (χ0v) is 18.7. The lowest BCUT2D eigenvalue weighted by atomic mass is 9.49. The van der Waals surface area contributed by atoms with Crippen molar-refractivity contribution in [2.75, 3.05) is 6.61 Å². The number of aliphatic hydroxyl groups excluding tert-OH is 1. The van der Waals surface area contributed by atoms with E-state index < -0.39 is 6.10 Å². The molecule has 160 valence electrons. The topological polar surface area (TPSA) is 38.7 Å². The van der Waals surface area contributed by atoms with Crippen molar-refractivity contribution in [2.24, 2.45) is 11.3 Å². The molecule has 5 rings (SSSR count). The Labute approximate surface area is 180 Å². The van der Waals surface area contributed by atoms with Gasteiger partial charge < -0.3 is 14.6 Å². The van der Waals surface area contributed by atoms with Crippen molar-refractivity contribution in [3.8, 4) is 5.75 Å². The highest BCUT2D eigenvalue weighted by Crippen LogP contribution is 2.63. The third kappa shape index (κ3) is 2.93. The van der Waals surface area contributed by atoms with E-state index in [2.05, 4.69) is 64.1 Å². The standard InChI is InChI=1S/C27H34O3/c1-17(2)19-13-20-21(14-22(19)29-15-18-9-6-5-7-10-18)27(4)12-8-11-26(3)16-30-24(23(20)28)25(26)27/h5-7,9-10,13-14,17,23-25,28H,8,11-12,15-16H2,1-4H3/t23-,24+,25?,26+,27-/m1/s1. The number of ether oxygens (including phenoxy) is 2. The summed E-state index contributed by atoms with van der Waals surface area (Å²) in [6, 6.07) is 14.8. The number of fused-ring (bicyclic) bond motifs is 2. The highest BCUT2D eigenvalue weighted by atomic mass is 16.5. The second-order valence-electron chi connectivity index (χ2n) is 10.5. The number of hydrogen-bond acceptors (Lipinski definition) is 3. The average Bonchev–Trinajstić information content (AvgIpc) is 3.10. The van der Waals surface area contributed by atoms with Gasteiger partial charge in [0.05, 0.1) is 12.7 Å². The van der Waals surface area contributed by atoms with E-state index in [-0.39, 0.29) is 16.9 Å². The monoisotopic (exact) mass is 406 g/mol. The first kappa shape index (κ1) is 20.1. The zero-order chi connectivity index (χ0) is 21.1. The van der Waals surface area contributed by atoms with Gasteiger partial charge >= 0.3 is 0 Å². The fourth-order valence-electron chi connectivity index (χ4n) is 6.66. The van der Waals surface area contributed by atoms with Crippen LogP contribution < -0.4 is 4.74 Å². The molecule has 1 aliphatic heterocycles. The Bertz CT molecular complexity index is 937. The predicted molar refractivity (Wildman–Crippen MR) is 119 cm³/mol. The van der Waals surface area contributed by atoms with Crippen molar-refractivity contribution >= 4 is 0 Å². The van der Waals surface area contributed by atoms with E-state index in [1.54, 1.807) is 0 Å². The predicted octanol–water partition coefficient (Wildman–Crippen LogP) is 5.90. The lowest BCUT2D eigenvalue weighted by Gasteiger charge is -2.54. The molecule has 3 aliphatic rings. The summed E-state index contributed by atoms with van der Waals surface area (Å²) < 4.78 is 12.7. The van der Waals surface area contributed by atoms with E-state index >= 15 is 0 Å². The van der Waals surface area contributed by atoms with E-state index in [4.69, 9.17) is 9.47 Å². The molecule has 2 aromatic carbocycles. The Kier molecular flexibility index (Phi) is 4.75. The van der Waals surface area contributed by atoms with Crippen LogP contribution in [0.3, 0.4) is 0 Å². The first-order valence-electron chi connectivity index (χ1n) is 11.5. The SMILES string of the molecule is CC(C)c1cc2c(cc1OCc1ccccc1)[C@@]1(C)CCC[C@@]3(C)CO[C@H](C31)[C@@H]2O. The number of aliphatic hydroxyl groups is 1. The van der Waals surface area contributed by atoms with E-state index in [0.717, 1.165) is 24.3 Å². The van der Waals surface area contributed by atoms with Crippen LogP contribution in [0.4, 0.5) is 0 Å². The van der Waals surface area contributed by atoms with E-state index in [9.17, 15) is 5.11 Å². The number of hydrogen-bond donors (Lipinski definition) is 1. The molecule has 3 nitrogen and oxygen atoms in total. The van der Waals surface area contributed by atoms with E-state index in [0.29, 0.717) is 18.4 Å². The highest BCUT2D eigenvalue weighted by molar-refractivity contribution is 5.51. The van der Waals surface area contributed by atoms with Gasteiger partial charge in [-0.3, -0.25) is 0 Å². The first-order chi connectivity index (χ1) is 14.3. The minimum atomic E-state index is -0.557. The molecule has 0 spiro atoms. The van der Waals surface area contributed by atoms with Gasteiger partial charge in [-0.05, 0) is 64.0 Å². The molecule has 2 aromatic rings. The van der Waals surface area contributed by atoms with Crippen molar-refractivity contribution in [1.29, 1.82) is 0 Å². The summed E-state index contributed by atoms with van der Waals surface area (Å²) in [6.07, 6.45) is 2.89. The summed E-state index contributed by atoms with van der Waals surface area (Å²) in [7, 11) is 0. The maximum Gasteiger partial charge on any atom is 0.123 e. The molecular formula is C27H34O3. The molecule has 0 bridgehead atoms. The maximum absolute atomic E-state index is 11.4. The molecule has 0 aromatic heterocycles. The number of benzene rings is 2. The maximum atomic E-state index is 11.4. The second-order valence-corrected chi connectivity index (χ2v) is 10.5. The largest absolute Gasteiger partial charge is 0.489 e. The fourth-order valence-corrected chi connectivity index (χ4v) is 6.66. The zero-order valence-electron chi connectivity index (χ0n) is 18.7. The molecule has 1 saturated heterocycles. The van der Waals surface area contributed by atoms with Crippen molar-refractivity contribution in [2.45, 2.75) is 77.1 Å². The summed E-state index contributed by atoms with van der Waals surface area (Å²) >= 11 is 0.